The molecule has 0 radical (unpaired) electrons. The molecule has 0 bridgehead atoms. The lowest BCUT2D eigenvalue weighted by atomic mass is 9.65. The Morgan fingerprint density at radius 3 is 2.34 bits per heavy atom. The molecule has 2 fully saturated rings. The van der Waals surface area contributed by atoms with Crippen LogP contribution in [0.2, 0.25) is 0 Å². The number of pyridine rings is 1. The van der Waals surface area contributed by atoms with Gasteiger partial charge in [-0.1, -0.05) is 55.3 Å². The van der Waals surface area contributed by atoms with Gasteiger partial charge in [0.2, 0.25) is 5.91 Å². The van der Waals surface area contributed by atoms with E-state index in [1.807, 2.05) is 35.2 Å². The second-order valence-corrected chi connectivity index (χ2v) is 11.8. The number of carbonyl (C=O) groups excluding carboxylic acids is 2. The van der Waals surface area contributed by atoms with Crippen molar-refractivity contribution >= 4 is 11.8 Å². The number of aromatic nitrogens is 1. The molecule has 1 atom stereocenters. The smallest absolute Gasteiger partial charge is 0.255 e. The molecule has 1 saturated carbocycles. The molecule has 1 aliphatic carbocycles. The van der Waals surface area contributed by atoms with Crippen LogP contribution >= 0.6 is 0 Å². The molecule has 8 heteroatoms. The summed E-state index contributed by atoms with van der Waals surface area (Å²) >= 11 is 0. The summed E-state index contributed by atoms with van der Waals surface area (Å²) in [7, 11) is 3.35. The fourth-order valence-electron chi connectivity index (χ4n) is 6.62. The first-order chi connectivity index (χ1) is 19.6. The average molecular weight is 560 g/mol. The van der Waals surface area contributed by atoms with Gasteiger partial charge >= 0.3 is 0 Å². The molecule has 41 heavy (non-hydrogen) atoms. The summed E-state index contributed by atoms with van der Waals surface area (Å²) in [6.45, 7) is 0.888. The van der Waals surface area contributed by atoms with Gasteiger partial charge in [-0.25, -0.2) is 4.39 Å². The van der Waals surface area contributed by atoms with Gasteiger partial charge < -0.3 is 19.5 Å². The van der Waals surface area contributed by atoms with Gasteiger partial charge in [-0.3, -0.25) is 14.4 Å². The third-order valence-corrected chi connectivity index (χ3v) is 9.01. The van der Waals surface area contributed by atoms with Crippen LogP contribution in [0.1, 0.15) is 54.4 Å². The number of likely N-dealkylation sites (tertiary alicyclic amines) is 1. The quantitative estimate of drug-likeness (QED) is 0.462. The average Bonchev–Trinajstić information content (AvgIpc) is 3.45. The molecule has 1 aromatic heterocycles. The second-order valence-electron chi connectivity index (χ2n) is 11.8. The number of rotatable bonds is 7. The normalized spacial score (nSPS) is 19.9. The first-order valence-electron chi connectivity index (χ1n) is 14.4. The van der Waals surface area contributed by atoms with Crippen molar-refractivity contribution in [2.45, 2.75) is 57.1 Å². The largest absolute Gasteiger partial charge is 0.387 e. The SMILES string of the molecule is CN(C)C(=O)c1cn(CC2(O)CCN(C(=O)CCc3ccc(F)cc3)CC23CCCC3)c(=O)cc1-c1ccccc1. The number of aliphatic hydroxyl groups is 1. The van der Waals surface area contributed by atoms with Gasteiger partial charge in [0.1, 0.15) is 5.82 Å². The van der Waals surface area contributed by atoms with E-state index in [1.54, 1.807) is 32.4 Å². The minimum atomic E-state index is -1.20. The van der Waals surface area contributed by atoms with E-state index >= 15 is 0 Å². The molecule has 1 saturated heterocycles. The number of benzene rings is 2. The summed E-state index contributed by atoms with van der Waals surface area (Å²) < 4.78 is 14.7. The summed E-state index contributed by atoms with van der Waals surface area (Å²) in [6, 6.07) is 17.1. The summed E-state index contributed by atoms with van der Waals surface area (Å²) in [5.74, 6) is -0.502. The molecule has 216 valence electrons. The van der Waals surface area contributed by atoms with E-state index in [0.29, 0.717) is 43.5 Å². The highest BCUT2D eigenvalue weighted by Crippen LogP contribution is 2.51. The molecule has 2 aliphatic rings. The summed E-state index contributed by atoms with van der Waals surface area (Å²) in [5.41, 5.74) is 0.644. The Hall–Kier alpha value is -3.78. The van der Waals surface area contributed by atoms with Crippen LogP contribution in [0.15, 0.2) is 71.7 Å². The van der Waals surface area contributed by atoms with Crippen molar-refractivity contribution in [3.8, 4) is 11.1 Å². The van der Waals surface area contributed by atoms with Gasteiger partial charge in [0.25, 0.3) is 11.5 Å². The standard InChI is InChI=1S/C33H38FN3O4/c1-35(2)31(40)28-21-37(30(39)20-27(28)25-8-4-3-5-9-25)23-33(41)18-19-36(22-32(33)16-6-7-17-32)29(38)15-12-24-10-13-26(34)14-11-24/h3-5,8-11,13-14,20-21,41H,6-7,12,15-19,22-23H2,1-2H3. The summed E-state index contributed by atoms with van der Waals surface area (Å²) in [5, 5.41) is 12.2. The molecule has 1 aliphatic heterocycles. The minimum absolute atomic E-state index is 0.0193. The maximum absolute atomic E-state index is 13.4. The maximum Gasteiger partial charge on any atom is 0.255 e. The second kappa shape index (κ2) is 11.6. The maximum atomic E-state index is 13.4. The highest BCUT2D eigenvalue weighted by Gasteiger charge is 2.55. The third-order valence-electron chi connectivity index (χ3n) is 9.01. The molecule has 3 aromatic rings. The Balaban J connectivity index is 1.40. The number of piperidine rings is 1. The van der Waals surface area contributed by atoms with E-state index in [0.717, 1.165) is 36.8 Å². The summed E-state index contributed by atoms with van der Waals surface area (Å²) in [6.07, 6.45) is 6.22. The molecule has 2 amide bonds. The predicted octanol–water partition coefficient (Wildman–Crippen LogP) is 4.51. The zero-order chi connectivity index (χ0) is 29.2. The lowest BCUT2D eigenvalue weighted by Gasteiger charge is -2.52. The van der Waals surface area contributed by atoms with Crippen molar-refractivity contribution in [3.05, 3.63) is 94.2 Å². The number of nitrogens with zero attached hydrogens (tertiary/aromatic N) is 3. The van der Waals surface area contributed by atoms with E-state index in [1.165, 1.54) is 27.7 Å². The number of aryl methyl sites for hydroxylation is 1. The van der Waals surface area contributed by atoms with Crippen molar-refractivity contribution in [2.24, 2.45) is 5.41 Å². The Labute approximate surface area is 240 Å². The van der Waals surface area contributed by atoms with Crippen LogP contribution in [0, 0.1) is 11.2 Å². The Bertz CT molecular complexity index is 1460. The molecule has 2 heterocycles. The monoisotopic (exact) mass is 559 g/mol. The highest BCUT2D eigenvalue weighted by molar-refractivity contribution is 6.00. The van der Waals surface area contributed by atoms with Crippen molar-refractivity contribution in [1.82, 2.24) is 14.4 Å². The number of hydrogen-bond donors (Lipinski definition) is 1. The van der Waals surface area contributed by atoms with Crippen molar-refractivity contribution in [2.75, 3.05) is 27.2 Å². The van der Waals surface area contributed by atoms with Crippen molar-refractivity contribution < 1.29 is 19.1 Å². The van der Waals surface area contributed by atoms with E-state index < -0.39 is 11.0 Å². The number of hydrogen-bond acceptors (Lipinski definition) is 4. The lowest BCUT2D eigenvalue weighted by Crippen LogP contribution is -2.62. The van der Waals surface area contributed by atoms with Crippen LogP contribution in [0.25, 0.3) is 11.1 Å². The molecule has 1 unspecified atom stereocenters. The Kier molecular flexibility index (Phi) is 8.13. The van der Waals surface area contributed by atoms with Gasteiger partial charge in [-0.05, 0) is 48.9 Å². The van der Waals surface area contributed by atoms with Gasteiger partial charge in [0.05, 0.1) is 17.7 Å². The number of halogens is 1. The number of carbonyl (C=O) groups is 2. The fourth-order valence-corrected chi connectivity index (χ4v) is 6.62. The van der Waals surface area contributed by atoms with E-state index in [4.69, 9.17) is 0 Å². The van der Waals surface area contributed by atoms with Gasteiger partial charge in [0.15, 0.2) is 0 Å². The molecular formula is C33H38FN3O4. The highest BCUT2D eigenvalue weighted by atomic mass is 19.1. The summed E-state index contributed by atoms with van der Waals surface area (Å²) in [4.78, 5) is 43.2. The first kappa shape index (κ1) is 28.7. The van der Waals surface area contributed by atoms with Crippen LogP contribution in [0.3, 0.4) is 0 Å². The Morgan fingerprint density at radius 2 is 1.68 bits per heavy atom. The van der Waals surface area contributed by atoms with E-state index in [9.17, 15) is 23.9 Å². The van der Waals surface area contributed by atoms with E-state index in [2.05, 4.69) is 0 Å². The van der Waals surface area contributed by atoms with Crippen molar-refractivity contribution in [1.29, 1.82) is 0 Å². The Morgan fingerprint density at radius 1 is 1.00 bits per heavy atom. The van der Waals surface area contributed by atoms with Gasteiger partial charge in [0, 0.05) is 56.8 Å². The minimum Gasteiger partial charge on any atom is -0.387 e. The molecular weight excluding hydrogens is 521 g/mol. The fraction of sp³-hybridized carbons (Fsp3) is 0.424. The zero-order valence-electron chi connectivity index (χ0n) is 23.8. The van der Waals surface area contributed by atoms with Crippen LogP contribution in [-0.4, -0.2) is 64.1 Å². The van der Waals surface area contributed by atoms with E-state index in [-0.39, 0.29) is 29.7 Å². The number of amides is 2. The zero-order valence-corrected chi connectivity index (χ0v) is 23.8. The molecule has 5 rings (SSSR count). The van der Waals surface area contributed by atoms with Gasteiger partial charge in [-0.2, -0.15) is 0 Å². The molecule has 1 N–H and O–H groups in total. The first-order valence-corrected chi connectivity index (χ1v) is 14.4. The predicted molar refractivity (Wildman–Crippen MR) is 156 cm³/mol. The van der Waals surface area contributed by atoms with Crippen LogP contribution in [0.5, 0.6) is 0 Å². The van der Waals surface area contributed by atoms with Gasteiger partial charge in [-0.15, -0.1) is 0 Å². The van der Waals surface area contributed by atoms with Crippen molar-refractivity contribution in [3.63, 3.8) is 0 Å². The van der Waals surface area contributed by atoms with Crippen LogP contribution in [0.4, 0.5) is 4.39 Å². The lowest BCUT2D eigenvalue weighted by molar-refractivity contribution is -0.160. The third kappa shape index (κ3) is 5.84. The molecule has 2 aromatic carbocycles. The van der Waals surface area contributed by atoms with Crippen LogP contribution in [-0.2, 0) is 17.8 Å². The molecule has 7 nitrogen and oxygen atoms in total. The van der Waals surface area contributed by atoms with Crippen LogP contribution < -0.4 is 5.56 Å². The molecule has 1 spiro atoms. The topological polar surface area (TPSA) is 82.8 Å².